The summed E-state index contributed by atoms with van der Waals surface area (Å²) in [6.07, 6.45) is 2.26. The highest BCUT2D eigenvalue weighted by Gasteiger charge is 2.06. The van der Waals surface area contributed by atoms with Gasteiger partial charge in [0.1, 0.15) is 12.5 Å². The molecule has 21 heavy (non-hydrogen) atoms. The quantitative estimate of drug-likeness (QED) is 0.601. The highest BCUT2D eigenvalue weighted by Crippen LogP contribution is 2.28. The Labute approximate surface area is 123 Å². The Hall–Kier alpha value is -2.75. The van der Waals surface area contributed by atoms with E-state index in [0.717, 1.165) is 11.8 Å². The summed E-state index contributed by atoms with van der Waals surface area (Å²) in [5.74, 6) is 1.59. The topological polar surface area (TPSA) is 44.8 Å². The Morgan fingerprint density at radius 2 is 1.76 bits per heavy atom. The fourth-order valence-electron chi connectivity index (χ4n) is 1.81. The van der Waals surface area contributed by atoms with Gasteiger partial charge in [-0.2, -0.15) is 0 Å². The zero-order valence-corrected chi connectivity index (χ0v) is 11.9. The molecule has 0 aromatic heterocycles. The third-order valence-electron chi connectivity index (χ3n) is 2.89. The Morgan fingerprint density at radius 1 is 1.00 bits per heavy atom. The van der Waals surface area contributed by atoms with E-state index in [0.29, 0.717) is 22.8 Å². The van der Waals surface area contributed by atoms with Crippen LogP contribution in [0.4, 0.5) is 0 Å². The number of aldehydes is 1. The predicted molar refractivity (Wildman–Crippen MR) is 80.4 cm³/mol. The van der Waals surface area contributed by atoms with E-state index in [2.05, 4.69) is 0 Å². The minimum atomic E-state index is 0.486. The van der Waals surface area contributed by atoms with Crippen molar-refractivity contribution >= 4 is 12.0 Å². The van der Waals surface area contributed by atoms with Gasteiger partial charge >= 0.3 is 0 Å². The van der Waals surface area contributed by atoms with Crippen molar-refractivity contribution < 1.29 is 19.0 Å². The maximum Gasteiger partial charge on any atom is 0.168 e. The summed E-state index contributed by atoms with van der Waals surface area (Å²) >= 11 is 0. The average molecular weight is 284 g/mol. The van der Waals surface area contributed by atoms with Gasteiger partial charge < -0.3 is 14.2 Å². The Morgan fingerprint density at radius 3 is 2.38 bits per heavy atom. The number of benzene rings is 2. The molecule has 0 aliphatic heterocycles. The molecule has 2 aromatic carbocycles. The van der Waals surface area contributed by atoms with Crippen LogP contribution in [-0.4, -0.2) is 20.5 Å². The van der Waals surface area contributed by atoms with Gasteiger partial charge in [-0.1, -0.05) is 30.3 Å². The van der Waals surface area contributed by atoms with Crippen molar-refractivity contribution in [3.05, 3.63) is 65.9 Å². The molecule has 0 heterocycles. The van der Waals surface area contributed by atoms with Crippen LogP contribution in [0.3, 0.4) is 0 Å². The molecule has 0 aliphatic carbocycles. The van der Waals surface area contributed by atoms with Crippen LogP contribution >= 0.6 is 0 Å². The van der Waals surface area contributed by atoms with E-state index in [4.69, 9.17) is 14.2 Å². The maximum atomic E-state index is 10.8. The zero-order chi connectivity index (χ0) is 15.1. The van der Waals surface area contributed by atoms with Gasteiger partial charge in [-0.05, 0) is 18.2 Å². The molecule has 2 rings (SSSR count). The minimum absolute atomic E-state index is 0.486. The number of methoxy groups -OCH3 is 2. The second-order valence-corrected chi connectivity index (χ2v) is 4.20. The third kappa shape index (κ3) is 3.63. The molecular formula is C17H16O4. The molecule has 0 fully saturated rings. The van der Waals surface area contributed by atoms with Crippen LogP contribution < -0.4 is 9.47 Å². The highest BCUT2D eigenvalue weighted by molar-refractivity contribution is 5.76. The number of hydrogen-bond donors (Lipinski definition) is 0. The van der Waals surface area contributed by atoms with Crippen LogP contribution in [0.1, 0.15) is 15.9 Å². The van der Waals surface area contributed by atoms with E-state index in [1.54, 1.807) is 25.3 Å². The van der Waals surface area contributed by atoms with Crippen LogP contribution in [0.2, 0.25) is 0 Å². The number of carbonyl (C=O) groups excluding carboxylic acids is 1. The Bertz CT molecular complexity index is 632. The van der Waals surface area contributed by atoms with E-state index in [1.807, 2.05) is 30.3 Å². The van der Waals surface area contributed by atoms with Gasteiger partial charge in [-0.3, -0.25) is 4.79 Å². The lowest BCUT2D eigenvalue weighted by molar-refractivity contribution is 0.112. The third-order valence-corrected chi connectivity index (χ3v) is 2.89. The standard InChI is InChI=1S/C17H16O4/c1-19-16-10-13(11-18)8-9-15(16)21-12-17(20-2)14-6-4-3-5-7-14/h3-12H,1-2H3/b17-12+. The van der Waals surface area contributed by atoms with E-state index < -0.39 is 0 Å². The number of hydrogen-bond acceptors (Lipinski definition) is 4. The molecule has 0 spiro atoms. The second kappa shape index (κ2) is 7.14. The highest BCUT2D eigenvalue weighted by atomic mass is 16.5. The molecule has 2 aromatic rings. The first kappa shape index (κ1) is 14.7. The fraction of sp³-hybridized carbons (Fsp3) is 0.118. The summed E-state index contributed by atoms with van der Waals surface area (Å²) in [6.45, 7) is 0. The maximum absolute atomic E-state index is 10.8. The van der Waals surface area contributed by atoms with Crippen molar-refractivity contribution in [3.63, 3.8) is 0 Å². The van der Waals surface area contributed by atoms with Gasteiger partial charge in [-0.15, -0.1) is 0 Å². The smallest absolute Gasteiger partial charge is 0.168 e. The Balaban J connectivity index is 2.25. The summed E-state index contributed by atoms with van der Waals surface area (Å²) in [5.41, 5.74) is 1.43. The minimum Gasteiger partial charge on any atom is -0.493 e. The molecular weight excluding hydrogens is 268 g/mol. The van der Waals surface area contributed by atoms with Crippen LogP contribution in [0.15, 0.2) is 54.8 Å². The Kier molecular flexibility index (Phi) is 4.99. The summed E-state index contributed by atoms with van der Waals surface area (Å²) in [7, 11) is 3.10. The first-order chi connectivity index (χ1) is 10.3. The molecule has 0 radical (unpaired) electrons. The molecule has 108 valence electrons. The molecule has 0 unspecified atom stereocenters. The van der Waals surface area contributed by atoms with Crippen LogP contribution in [0, 0.1) is 0 Å². The number of rotatable bonds is 6. The molecule has 0 bridgehead atoms. The molecule has 4 heteroatoms. The van der Waals surface area contributed by atoms with Gasteiger partial charge in [0.2, 0.25) is 0 Å². The normalized spacial score (nSPS) is 10.9. The summed E-state index contributed by atoms with van der Waals surface area (Å²) in [6, 6.07) is 14.6. The molecule has 4 nitrogen and oxygen atoms in total. The number of carbonyl (C=O) groups is 1. The first-order valence-electron chi connectivity index (χ1n) is 6.38. The summed E-state index contributed by atoms with van der Waals surface area (Å²) in [4.78, 5) is 10.8. The summed E-state index contributed by atoms with van der Waals surface area (Å²) in [5, 5.41) is 0. The molecule has 0 N–H and O–H groups in total. The largest absolute Gasteiger partial charge is 0.493 e. The molecule has 0 atom stereocenters. The average Bonchev–Trinajstić information content (AvgIpc) is 2.56. The van der Waals surface area contributed by atoms with Crippen molar-refractivity contribution in [2.45, 2.75) is 0 Å². The second-order valence-electron chi connectivity index (χ2n) is 4.20. The van der Waals surface area contributed by atoms with Crippen LogP contribution in [0.5, 0.6) is 11.5 Å². The molecule has 0 aliphatic rings. The van der Waals surface area contributed by atoms with Crippen molar-refractivity contribution in [2.24, 2.45) is 0 Å². The zero-order valence-electron chi connectivity index (χ0n) is 11.9. The van der Waals surface area contributed by atoms with Crippen LogP contribution in [0.25, 0.3) is 5.76 Å². The van der Waals surface area contributed by atoms with E-state index in [-0.39, 0.29) is 0 Å². The van der Waals surface area contributed by atoms with Crippen molar-refractivity contribution in [1.82, 2.24) is 0 Å². The van der Waals surface area contributed by atoms with Gasteiger partial charge in [-0.25, -0.2) is 0 Å². The van der Waals surface area contributed by atoms with E-state index in [9.17, 15) is 4.79 Å². The van der Waals surface area contributed by atoms with Gasteiger partial charge in [0.15, 0.2) is 17.3 Å². The SMILES string of the molecule is CO/C(=C/Oc1ccc(C=O)cc1OC)c1ccccc1. The van der Waals surface area contributed by atoms with E-state index >= 15 is 0 Å². The van der Waals surface area contributed by atoms with Gasteiger partial charge in [0, 0.05) is 11.1 Å². The van der Waals surface area contributed by atoms with Crippen LogP contribution in [-0.2, 0) is 4.74 Å². The number of ether oxygens (including phenoxy) is 3. The van der Waals surface area contributed by atoms with Crippen molar-refractivity contribution in [2.75, 3.05) is 14.2 Å². The fourth-order valence-corrected chi connectivity index (χ4v) is 1.81. The first-order valence-corrected chi connectivity index (χ1v) is 6.38. The lowest BCUT2D eigenvalue weighted by atomic mass is 10.2. The van der Waals surface area contributed by atoms with Gasteiger partial charge in [0.25, 0.3) is 0 Å². The van der Waals surface area contributed by atoms with Crippen molar-refractivity contribution in [3.8, 4) is 11.5 Å². The van der Waals surface area contributed by atoms with Crippen molar-refractivity contribution in [1.29, 1.82) is 0 Å². The van der Waals surface area contributed by atoms with E-state index in [1.165, 1.54) is 13.4 Å². The lowest BCUT2D eigenvalue weighted by Gasteiger charge is -2.10. The monoisotopic (exact) mass is 284 g/mol. The predicted octanol–water partition coefficient (Wildman–Crippen LogP) is 3.53. The van der Waals surface area contributed by atoms with Gasteiger partial charge in [0.05, 0.1) is 14.2 Å². The summed E-state index contributed by atoms with van der Waals surface area (Å²) < 4.78 is 16.1. The lowest BCUT2D eigenvalue weighted by Crippen LogP contribution is -1.94. The molecule has 0 amide bonds. The molecule has 0 saturated carbocycles. The molecule has 0 saturated heterocycles.